The minimum absolute atomic E-state index is 0.0339. The van der Waals surface area contributed by atoms with Gasteiger partial charge in [0, 0.05) is 25.2 Å². The quantitative estimate of drug-likeness (QED) is 0.754. The number of hydrogen-bond acceptors (Lipinski definition) is 4. The minimum atomic E-state index is -0.501. The van der Waals surface area contributed by atoms with E-state index in [-0.39, 0.29) is 18.6 Å². The Morgan fingerprint density at radius 3 is 2.37 bits per heavy atom. The topological polar surface area (TPSA) is 98.7 Å². The third-order valence-electron chi connectivity index (χ3n) is 2.90. The lowest BCUT2D eigenvalue weighted by Gasteiger charge is -2.23. The Kier molecular flexibility index (Phi) is 5.32. The van der Waals surface area contributed by atoms with Crippen molar-refractivity contribution in [3.63, 3.8) is 0 Å². The van der Waals surface area contributed by atoms with Gasteiger partial charge in [-0.25, -0.2) is 0 Å². The number of nitrogens with two attached hydrogens (primary N) is 2. The Morgan fingerprint density at radius 1 is 1.32 bits per heavy atom. The third kappa shape index (κ3) is 4.26. The van der Waals surface area contributed by atoms with Crippen LogP contribution in [0.15, 0.2) is 24.3 Å². The standard InChI is InChI=1S/C13H19N3O3/c1-9(7-14)16(2)12(17)8-19-11-5-3-10(4-6-11)13(15)18/h3-6,9H,7-8,14H2,1-2H3,(H2,15,18). The molecule has 4 N–H and O–H groups in total. The van der Waals surface area contributed by atoms with Crippen molar-refractivity contribution in [2.45, 2.75) is 13.0 Å². The van der Waals surface area contributed by atoms with Crippen LogP contribution in [0.3, 0.4) is 0 Å². The van der Waals surface area contributed by atoms with Crippen molar-refractivity contribution < 1.29 is 14.3 Å². The van der Waals surface area contributed by atoms with Crippen molar-refractivity contribution in [3.8, 4) is 5.75 Å². The summed E-state index contributed by atoms with van der Waals surface area (Å²) in [4.78, 5) is 24.2. The maximum atomic E-state index is 11.8. The van der Waals surface area contributed by atoms with E-state index in [2.05, 4.69) is 0 Å². The number of carbonyl (C=O) groups excluding carboxylic acids is 2. The van der Waals surface area contributed by atoms with Gasteiger partial charge in [-0.3, -0.25) is 9.59 Å². The largest absolute Gasteiger partial charge is 0.484 e. The summed E-state index contributed by atoms with van der Waals surface area (Å²) in [6.45, 7) is 2.19. The van der Waals surface area contributed by atoms with Crippen molar-refractivity contribution in [2.75, 3.05) is 20.2 Å². The van der Waals surface area contributed by atoms with Gasteiger partial charge in [0.05, 0.1) is 0 Å². The number of carbonyl (C=O) groups is 2. The highest BCUT2D eigenvalue weighted by molar-refractivity contribution is 5.92. The molecule has 0 saturated carbocycles. The first kappa shape index (κ1) is 15.0. The van der Waals surface area contributed by atoms with Gasteiger partial charge in [0.1, 0.15) is 5.75 Å². The van der Waals surface area contributed by atoms with Crippen LogP contribution in [0.5, 0.6) is 5.75 Å². The lowest BCUT2D eigenvalue weighted by Crippen LogP contribution is -2.42. The van der Waals surface area contributed by atoms with E-state index in [0.29, 0.717) is 17.9 Å². The molecule has 6 heteroatoms. The maximum absolute atomic E-state index is 11.8. The van der Waals surface area contributed by atoms with Gasteiger partial charge in [-0.15, -0.1) is 0 Å². The maximum Gasteiger partial charge on any atom is 0.260 e. The highest BCUT2D eigenvalue weighted by Gasteiger charge is 2.14. The van der Waals surface area contributed by atoms with E-state index < -0.39 is 5.91 Å². The predicted molar refractivity (Wildman–Crippen MR) is 71.7 cm³/mol. The molecule has 0 aromatic heterocycles. The van der Waals surface area contributed by atoms with Gasteiger partial charge in [-0.2, -0.15) is 0 Å². The Labute approximate surface area is 112 Å². The number of benzene rings is 1. The van der Waals surface area contributed by atoms with Crippen LogP contribution in [0.2, 0.25) is 0 Å². The van der Waals surface area contributed by atoms with Crippen molar-refractivity contribution in [1.82, 2.24) is 4.90 Å². The third-order valence-corrected chi connectivity index (χ3v) is 2.90. The van der Waals surface area contributed by atoms with Crippen LogP contribution in [-0.2, 0) is 4.79 Å². The van der Waals surface area contributed by atoms with Gasteiger partial charge < -0.3 is 21.1 Å². The van der Waals surface area contributed by atoms with Crippen LogP contribution in [-0.4, -0.2) is 43.0 Å². The number of nitrogens with zero attached hydrogens (tertiary/aromatic N) is 1. The lowest BCUT2D eigenvalue weighted by atomic mass is 10.2. The SMILES string of the molecule is CC(CN)N(C)C(=O)COc1ccc(C(N)=O)cc1. The molecule has 19 heavy (non-hydrogen) atoms. The Balaban J connectivity index is 2.52. The fraction of sp³-hybridized carbons (Fsp3) is 0.385. The lowest BCUT2D eigenvalue weighted by molar-refractivity contribution is -0.133. The monoisotopic (exact) mass is 265 g/mol. The van der Waals surface area contributed by atoms with Gasteiger partial charge in [0.25, 0.3) is 5.91 Å². The number of ether oxygens (including phenoxy) is 1. The fourth-order valence-corrected chi connectivity index (χ4v) is 1.37. The summed E-state index contributed by atoms with van der Waals surface area (Å²) < 4.78 is 5.33. The number of amides is 2. The zero-order chi connectivity index (χ0) is 14.4. The van der Waals surface area contributed by atoms with Crippen LogP contribution in [0.4, 0.5) is 0 Å². The van der Waals surface area contributed by atoms with E-state index in [1.54, 1.807) is 31.3 Å². The van der Waals surface area contributed by atoms with Crippen molar-refractivity contribution in [1.29, 1.82) is 0 Å². The van der Waals surface area contributed by atoms with Gasteiger partial charge in [0.15, 0.2) is 6.61 Å². The summed E-state index contributed by atoms with van der Waals surface area (Å²) in [7, 11) is 1.68. The molecule has 0 spiro atoms. The van der Waals surface area contributed by atoms with Crippen LogP contribution in [0.1, 0.15) is 17.3 Å². The molecule has 0 aliphatic rings. The predicted octanol–water partition coefficient (Wildman–Crippen LogP) is -0.0301. The minimum Gasteiger partial charge on any atom is -0.484 e. The molecule has 1 unspecified atom stereocenters. The molecule has 6 nitrogen and oxygen atoms in total. The molecule has 104 valence electrons. The van der Waals surface area contributed by atoms with Crippen molar-refractivity contribution in [2.24, 2.45) is 11.5 Å². The van der Waals surface area contributed by atoms with Crippen LogP contribution < -0.4 is 16.2 Å². The summed E-state index contributed by atoms with van der Waals surface area (Å²) >= 11 is 0. The average molecular weight is 265 g/mol. The van der Waals surface area contributed by atoms with E-state index in [1.165, 1.54) is 4.90 Å². The summed E-state index contributed by atoms with van der Waals surface area (Å²) in [6, 6.07) is 6.26. The Bertz CT molecular complexity index is 445. The van der Waals surface area contributed by atoms with Crippen molar-refractivity contribution >= 4 is 11.8 Å². The molecule has 1 atom stereocenters. The zero-order valence-electron chi connectivity index (χ0n) is 11.1. The molecular formula is C13H19N3O3. The highest BCUT2D eigenvalue weighted by atomic mass is 16.5. The number of rotatable bonds is 6. The van der Waals surface area contributed by atoms with E-state index in [1.807, 2.05) is 6.92 Å². The van der Waals surface area contributed by atoms with Gasteiger partial charge in [-0.05, 0) is 31.2 Å². The summed E-state index contributed by atoms with van der Waals surface area (Å²) in [5.41, 5.74) is 11.0. The zero-order valence-corrected chi connectivity index (χ0v) is 11.1. The second-order valence-corrected chi connectivity index (χ2v) is 4.27. The summed E-state index contributed by atoms with van der Waals surface area (Å²) in [5.74, 6) is -0.150. The molecule has 0 radical (unpaired) electrons. The van der Waals surface area contributed by atoms with Crippen LogP contribution in [0, 0.1) is 0 Å². The van der Waals surface area contributed by atoms with Gasteiger partial charge in [-0.1, -0.05) is 0 Å². The Hall–Kier alpha value is -2.08. The highest BCUT2D eigenvalue weighted by Crippen LogP contribution is 2.12. The number of hydrogen-bond donors (Lipinski definition) is 2. The number of primary amides is 1. The average Bonchev–Trinajstić information content (AvgIpc) is 2.43. The second-order valence-electron chi connectivity index (χ2n) is 4.27. The van der Waals surface area contributed by atoms with E-state index >= 15 is 0 Å². The molecular weight excluding hydrogens is 246 g/mol. The normalized spacial score (nSPS) is 11.7. The molecule has 0 heterocycles. The first-order valence-electron chi connectivity index (χ1n) is 5.94. The summed E-state index contributed by atoms with van der Waals surface area (Å²) in [5, 5.41) is 0. The number of likely N-dealkylation sites (N-methyl/N-ethyl adjacent to an activating group) is 1. The van der Waals surface area contributed by atoms with E-state index in [9.17, 15) is 9.59 Å². The van der Waals surface area contributed by atoms with Gasteiger partial charge >= 0.3 is 0 Å². The Morgan fingerprint density at radius 2 is 1.89 bits per heavy atom. The van der Waals surface area contributed by atoms with Gasteiger partial charge in [0.2, 0.25) is 5.91 Å². The first-order chi connectivity index (χ1) is 8.95. The second kappa shape index (κ2) is 6.75. The molecule has 1 aromatic carbocycles. The molecule has 1 rings (SSSR count). The summed E-state index contributed by atoms with van der Waals surface area (Å²) in [6.07, 6.45) is 0. The molecule has 0 aliphatic carbocycles. The van der Waals surface area contributed by atoms with Crippen molar-refractivity contribution in [3.05, 3.63) is 29.8 Å². The molecule has 1 aromatic rings. The molecule has 0 aliphatic heterocycles. The first-order valence-corrected chi connectivity index (χ1v) is 5.94. The molecule has 0 fully saturated rings. The fourth-order valence-electron chi connectivity index (χ4n) is 1.37. The van der Waals surface area contributed by atoms with Crippen LogP contribution in [0.25, 0.3) is 0 Å². The van der Waals surface area contributed by atoms with E-state index in [4.69, 9.17) is 16.2 Å². The van der Waals surface area contributed by atoms with E-state index in [0.717, 1.165) is 0 Å². The smallest absolute Gasteiger partial charge is 0.260 e. The molecule has 0 saturated heterocycles. The van der Waals surface area contributed by atoms with Crippen LogP contribution >= 0.6 is 0 Å². The molecule has 0 bridgehead atoms. The molecule has 2 amide bonds.